The Morgan fingerprint density at radius 2 is 1.68 bits per heavy atom. The molecule has 1 aliphatic heterocycles. The number of nitrogens with one attached hydrogen (secondary N) is 1. The van der Waals surface area contributed by atoms with Crippen molar-refractivity contribution in [1.29, 1.82) is 0 Å². The van der Waals surface area contributed by atoms with Gasteiger partial charge in [-0.15, -0.1) is 0 Å². The first-order valence-electron chi connectivity index (χ1n) is 18.6. The minimum absolute atomic E-state index is 0.0403. The van der Waals surface area contributed by atoms with Gasteiger partial charge < -0.3 is 40.0 Å². The lowest BCUT2D eigenvalue weighted by molar-refractivity contribution is -0.290. The van der Waals surface area contributed by atoms with Crippen LogP contribution in [0.4, 0.5) is 0 Å². The molecule has 270 valence electrons. The van der Waals surface area contributed by atoms with Crippen LogP contribution >= 0.6 is 0 Å². The molecule has 10 heteroatoms. The zero-order chi connectivity index (χ0) is 34.3. The van der Waals surface area contributed by atoms with E-state index in [1.807, 2.05) is 0 Å². The maximum absolute atomic E-state index is 12.2. The summed E-state index contributed by atoms with van der Waals surface area (Å²) in [5, 5.41) is 45.0. The van der Waals surface area contributed by atoms with Crippen LogP contribution in [0.3, 0.4) is 0 Å². The van der Waals surface area contributed by atoms with E-state index in [9.17, 15) is 30.0 Å². The number of aliphatic hydroxyl groups excluding tert-OH is 4. The van der Waals surface area contributed by atoms with E-state index in [0.29, 0.717) is 42.1 Å². The topological polar surface area (TPSA) is 155 Å². The van der Waals surface area contributed by atoms with Crippen molar-refractivity contribution in [2.24, 2.45) is 52.3 Å². The third kappa shape index (κ3) is 7.43. The lowest BCUT2D eigenvalue weighted by Crippen LogP contribution is -2.65. The normalized spacial score (nSPS) is 46.0. The molecule has 47 heavy (non-hydrogen) atoms. The van der Waals surface area contributed by atoms with Crippen molar-refractivity contribution in [3.05, 3.63) is 0 Å². The second-order valence-electron chi connectivity index (χ2n) is 16.8. The smallest absolute Gasteiger partial charge is 0.302 e. The Morgan fingerprint density at radius 1 is 0.957 bits per heavy atom. The molecule has 5 rings (SSSR count). The lowest BCUT2D eigenvalue weighted by Gasteiger charge is -2.61. The van der Waals surface area contributed by atoms with Crippen molar-refractivity contribution in [3.8, 4) is 0 Å². The summed E-state index contributed by atoms with van der Waals surface area (Å²) >= 11 is 0. The molecule has 0 radical (unpaired) electrons. The monoisotopic (exact) mass is 665 g/mol. The van der Waals surface area contributed by atoms with Gasteiger partial charge in [0.15, 0.2) is 6.29 Å². The summed E-state index contributed by atoms with van der Waals surface area (Å²) in [5.41, 5.74) is 0.233. The molecule has 0 aromatic heterocycles. The maximum Gasteiger partial charge on any atom is 0.302 e. The van der Waals surface area contributed by atoms with E-state index in [-0.39, 0.29) is 40.8 Å². The van der Waals surface area contributed by atoms with E-state index >= 15 is 0 Å². The first-order valence-corrected chi connectivity index (χ1v) is 18.6. The average molecular weight is 666 g/mol. The highest BCUT2D eigenvalue weighted by Crippen LogP contribution is 2.69. The van der Waals surface area contributed by atoms with Gasteiger partial charge in [-0.3, -0.25) is 9.59 Å². The summed E-state index contributed by atoms with van der Waals surface area (Å²) in [7, 11) is 0. The van der Waals surface area contributed by atoms with Crippen LogP contribution in [0, 0.1) is 52.3 Å². The Labute approximate surface area is 281 Å². The predicted octanol–water partition coefficient (Wildman–Crippen LogP) is 3.95. The number of esters is 1. The summed E-state index contributed by atoms with van der Waals surface area (Å²) in [5.74, 6) is 2.38. The quantitative estimate of drug-likeness (QED) is 0.206. The Balaban J connectivity index is 1.40. The fourth-order valence-corrected chi connectivity index (χ4v) is 11.4. The molecule has 0 spiro atoms. The number of ether oxygens (including phenoxy) is 3. The van der Waals surface area contributed by atoms with Crippen molar-refractivity contribution >= 4 is 11.9 Å². The number of carbonyl (C=O) groups excluding carboxylic acids is 2. The minimum atomic E-state index is -1.35. The fraction of sp³-hybridized carbons (Fsp3) is 0.946. The van der Waals surface area contributed by atoms with Gasteiger partial charge in [-0.05, 0) is 110 Å². The highest BCUT2D eigenvalue weighted by atomic mass is 16.7. The van der Waals surface area contributed by atoms with Crippen molar-refractivity contribution < 1.29 is 44.2 Å². The van der Waals surface area contributed by atoms with E-state index in [2.05, 4.69) is 33.0 Å². The van der Waals surface area contributed by atoms with Crippen LogP contribution in [0.2, 0.25) is 0 Å². The van der Waals surface area contributed by atoms with Gasteiger partial charge in [-0.25, -0.2) is 0 Å². The molecule has 5 fully saturated rings. The minimum Gasteiger partial charge on any atom is -0.466 e. The zero-order valence-electron chi connectivity index (χ0n) is 29.6. The molecule has 10 nitrogen and oxygen atoms in total. The first kappa shape index (κ1) is 37.0. The van der Waals surface area contributed by atoms with E-state index in [0.717, 1.165) is 64.2 Å². The van der Waals surface area contributed by atoms with Crippen LogP contribution in [0.25, 0.3) is 0 Å². The van der Waals surface area contributed by atoms with Crippen LogP contribution < -0.4 is 5.32 Å². The van der Waals surface area contributed by atoms with E-state index in [4.69, 9.17) is 14.2 Å². The van der Waals surface area contributed by atoms with Crippen LogP contribution in [-0.4, -0.2) is 88.4 Å². The van der Waals surface area contributed by atoms with Gasteiger partial charge in [0.2, 0.25) is 5.91 Å². The Bertz CT molecular complexity index is 1090. The van der Waals surface area contributed by atoms with Gasteiger partial charge in [0.25, 0.3) is 0 Å². The summed E-state index contributed by atoms with van der Waals surface area (Å²) in [4.78, 5) is 23.5. The van der Waals surface area contributed by atoms with Gasteiger partial charge in [-0.2, -0.15) is 0 Å². The number of rotatable bonds is 11. The number of fused-ring (bicyclic) bond motifs is 5. The van der Waals surface area contributed by atoms with Crippen LogP contribution in [0.1, 0.15) is 112 Å². The highest BCUT2D eigenvalue weighted by Gasteiger charge is 2.64. The van der Waals surface area contributed by atoms with Crippen molar-refractivity contribution in [2.45, 2.75) is 155 Å². The zero-order valence-corrected chi connectivity index (χ0v) is 29.6. The second-order valence-corrected chi connectivity index (χ2v) is 16.8. The first-order chi connectivity index (χ1) is 22.2. The Hall–Kier alpha value is -1.30. The molecule has 1 amide bonds. The summed E-state index contributed by atoms with van der Waals surface area (Å²) < 4.78 is 18.3. The molecule has 5 N–H and O–H groups in total. The third-order valence-corrected chi connectivity index (χ3v) is 13.8. The molecule has 0 bridgehead atoms. The van der Waals surface area contributed by atoms with Gasteiger partial charge >= 0.3 is 5.97 Å². The predicted molar refractivity (Wildman–Crippen MR) is 176 cm³/mol. The SMILES string of the molecule is CC(=O)N[C@H]1[C@H](OC2C[C@H]([C@H](C)CCC[C@@H](C)COC(C)=O)[C@@]3(C)CCC4C(CCC5CC(O)CC[C@@]54C)C23)O[C@@H](CO)[C@@H](O)[C@H]1O. The largest absolute Gasteiger partial charge is 0.466 e. The van der Waals surface area contributed by atoms with Crippen molar-refractivity contribution in [1.82, 2.24) is 5.32 Å². The van der Waals surface area contributed by atoms with Crippen molar-refractivity contribution in [3.63, 3.8) is 0 Å². The number of hydrogen-bond acceptors (Lipinski definition) is 9. The van der Waals surface area contributed by atoms with Gasteiger partial charge in [0.1, 0.15) is 24.4 Å². The van der Waals surface area contributed by atoms with Crippen LogP contribution in [0.15, 0.2) is 0 Å². The standard InChI is InChI=1S/C37H63NO9/c1-20(19-45-23(4)41)8-7-9-21(2)28-17-29(46-35-32(38-22(3)40)34(44)33(43)30(18-39)47-35)31-26-11-10-24-16-25(42)12-14-36(24,5)27(26)13-15-37(28,31)6/h20-21,24-35,39,42-44H,7-19H2,1-6H3,(H,38,40)/t20-,21-,24?,25?,26?,27?,28-,29?,30+,31?,32-,33-,34+,35-,36+,37-/m1/s1. The van der Waals surface area contributed by atoms with E-state index in [1.165, 1.54) is 20.3 Å². The summed E-state index contributed by atoms with van der Waals surface area (Å²) in [6.07, 6.45) is 6.23. The third-order valence-electron chi connectivity index (χ3n) is 13.8. The Kier molecular flexibility index (Phi) is 11.7. The molecule has 1 heterocycles. The summed E-state index contributed by atoms with van der Waals surface area (Å²) in [6.45, 7) is 12.3. The highest BCUT2D eigenvalue weighted by molar-refractivity contribution is 5.73. The van der Waals surface area contributed by atoms with Gasteiger partial charge in [0.05, 0.1) is 25.4 Å². The number of amides is 1. The Morgan fingerprint density at radius 3 is 2.36 bits per heavy atom. The molecule has 4 saturated carbocycles. The van der Waals surface area contributed by atoms with E-state index < -0.39 is 37.3 Å². The average Bonchev–Trinajstić information content (AvgIpc) is 3.31. The summed E-state index contributed by atoms with van der Waals surface area (Å²) in [6, 6.07) is -0.959. The molecule has 16 atom stereocenters. The number of hydrogen-bond donors (Lipinski definition) is 5. The molecular formula is C37H63NO9. The molecule has 4 aliphatic carbocycles. The molecule has 0 aromatic carbocycles. The molecule has 6 unspecified atom stereocenters. The fourth-order valence-electron chi connectivity index (χ4n) is 11.4. The molecule has 0 aromatic rings. The van der Waals surface area contributed by atoms with Crippen LogP contribution in [0.5, 0.6) is 0 Å². The lowest BCUT2D eigenvalue weighted by atomic mass is 9.44. The van der Waals surface area contributed by atoms with Crippen LogP contribution in [-0.2, 0) is 23.8 Å². The van der Waals surface area contributed by atoms with E-state index in [1.54, 1.807) is 0 Å². The van der Waals surface area contributed by atoms with Gasteiger partial charge in [0, 0.05) is 13.8 Å². The molecular weight excluding hydrogens is 602 g/mol. The number of aliphatic hydroxyl groups is 4. The number of carbonyl (C=O) groups is 2. The van der Waals surface area contributed by atoms with Gasteiger partial charge in [-0.1, -0.05) is 40.5 Å². The van der Waals surface area contributed by atoms with Crippen molar-refractivity contribution in [2.75, 3.05) is 13.2 Å². The second kappa shape index (κ2) is 14.9. The molecule has 5 aliphatic rings. The maximum atomic E-state index is 12.2. The molecule has 1 saturated heterocycles.